The Labute approximate surface area is 129 Å². The lowest BCUT2D eigenvalue weighted by molar-refractivity contribution is -0.124. The Morgan fingerprint density at radius 1 is 1.48 bits per heavy atom. The van der Waals surface area contributed by atoms with E-state index in [0.29, 0.717) is 17.8 Å². The minimum atomic E-state index is -0.257. The molecule has 0 aromatic carbocycles. The van der Waals surface area contributed by atoms with Crippen LogP contribution in [0.15, 0.2) is 12.1 Å². The SMILES string of the molecule is CNC(=O)C(C)CN(C)C(=O)c1ccc(C#CCCO)s1. The quantitative estimate of drug-likeness (QED) is 0.795. The molecule has 2 amide bonds. The Morgan fingerprint density at radius 3 is 2.81 bits per heavy atom. The lowest BCUT2D eigenvalue weighted by Gasteiger charge is -2.20. The van der Waals surface area contributed by atoms with E-state index < -0.39 is 0 Å². The topological polar surface area (TPSA) is 69.6 Å². The first kappa shape index (κ1) is 17.2. The second-order valence-electron chi connectivity index (χ2n) is 4.64. The van der Waals surface area contributed by atoms with Crippen LogP contribution in [-0.2, 0) is 4.79 Å². The lowest BCUT2D eigenvalue weighted by atomic mass is 10.1. The molecule has 5 nitrogen and oxygen atoms in total. The van der Waals surface area contributed by atoms with Crippen LogP contribution in [-0.4, -0.2) is 49.1 Å². The van der Waals surface area contributed by atoms with E-state index in [1.54, 1.807) is 33.2 Å². The molecule has 1 rings (SSSR count). The van der Waals surface area contributed by atoms with Gasteiger partial charge in [0, 0.05) is 27.1 Å². The van der Waals surface area contributed by atoms with Gasteiger partial charge in [0.1, 0.15) is 0 Å². The fourth-order valence-corrected chi connectivity index (χ4v) is 2.61. The van der Waals surface area contributed by atoms with Gasteiger partial charge in [-0.15, -0.1) is 11.3 Å². The predicted octanol–water partition coefficient (Wildman–Crippen LogP) is 0.936. The summed E-state index contributed by atoms with van der Waals surface area (Å²) in [7, 11) is 3.26. The molecule has 6 heteroatoms. The van der Waals surface area contributed by atoms with Crippen molar-refractivity contribution in [3.05, 3.63) is 21.9 Å². The monoisotopic (exact) mass is 308 g/mol. The zero-order chi connectivity index (χ0) is 15.8. The average Bonchev–Trinajstić information content (AvgIpc) is 2.94. The first-order chi connectivity index (χ1) is 9.99. The summed E-state index contributed by atoms with van der Waals surface area (Å²) in [5, 5.41) is 11.2. The zero-order valence-electron chi connectivity index (χ0n) is 12.5. The highest BCUT2D eigenvalue weighted by Crippen LogP contribution is 2.17. The van der Waals surface area contributed by atoms with Gasteiger partial charge in [-0.2, -0.15) is 0 Å². The summed E-state index contributed by atoms with van der Waals surface area (Å²) < 4.78 is 0. The van der Waals surface area contributed by atoms with Crippen LogP contribution in [0.2, 0.25) is 0 Å². The number of hydrogen-bond acceptors (Lipinski definition) is 4. The van der Waals surface area contributed by atoms with Gasteiger partial charge in [0.2, 0.25) is 5.91 Å². The molecule has 1 atom stereocenters. The highest BCUT2D eigenvalue weighted by atomic mass is 32.1. The number of nitrogens with zero attached hydrogens (tertiary/aromatic N) is 1. The first-order valence-electron chi connectivity index (χ1n) is 6.66. The van der Waals surface area contributed by atoms with Crippen LogP contribution in [0.5, 0.6) is 0 Å². The Bertz CT molecular complexity index is 557. The molecule has 114 valence electrons. The third kappa shape index (κ3) is 5.21. The molecule has 1 aromatic heterocycles. The van der Waals surface area contributed by atoms with Crippen molar-refractivity contribution in [3.8, 4) is 11.8 Å². The Kier molecular flexibility index (Phi) is 6.92. The van der Waals surface area contributed by atoms with Gasteiger partial charge in [-0.05, 0) is 12.1 Å². The molecular formula is C15H20N2O3S. The molecule has 1 unspecified atom stereocenters. The minimum Gasteiger partial charge on any atom is -0.395 e. The first-order valence-corrected chi connectivity index (χ1v) is 7.47. The van der Waals surface area contributed by atoms with E-state index in [9.17, 15) is 9.59 Å². The van der Waals surface area contributed by atoms with E-state index in [2.05, 4.69) is 17.2 Å². The van der Waals surface area contributed by atoms with E-state index in [1.165, 1.54) is 16.2 Å². The maximum Gasteiger partial charge on any atom is 0.263 e. The third-order valence-corrected chi connectivity index (χ3v) is 3.84. The van der Waals surface area contributed by atoms with Crippen LogP contribution in [0.3, 0.4) is 0 Å². The normalized spacial score (nSPS) is 11.2. The van der Waals surface area contributed by atoms with Crippen LogP contribution < -0.4 is 5.32 Å². The van der Waals surface area contributed by atoms with Gasteiger partial charge in [-0.25, -0.2) is 0 Å². The van der Waals surface area contributed by atoms with Gasteiger partial charge in [0.25, 0.3) is 5.91 Å². The fraction of sp³-hybridized carbons (Fsp3) is 0.467. The molecular weight excluding hydrogens is 288 g/mol. The molecule has 0 radical (unpaired) electrons. The number of carbonyl (C=O) groups is 2. The van der Waals surface area contributed by atoms with Crippen molar-refractivity contribution in [3.63, 3.8) is 0 Å². The molecule has 21 heavy (non-hydrogen) atoms. The average molecular weight is 308 g/mol. The molecule has 0 aliphatic heterocycles. The number of aliphatic hydroxyl groups excluding tert-OH is 1. The number of carbonyl (C=O) groups excluding carboxylic acids is 2. The van der Waals surface area contributed by atoms with Crippen molar-refractivity contribution in [1.82, 2.24) is 10.2 Å². The van der Waals surface area contributed by atoms with Gasteiger partial charge in [-0.1, -0.05) is 18.8 Å². The van der Waals surface area contributed by atoms with Crippen molar-refractivity contribution < 1.29 is 14.7 Å². The van der Waals surface area contributed by atoms with Crippen LogP contribution in [0.25, 0.3) is 0 Å². The van der Waals surface area contributed by atoms with Crippen molar-refractivity contribution in [1.29, 1.82) is 0 Å². The summed E-state index contributed by atoms with van der Waals surface area (Å²) in [6.07, 6.45) is 0.421. The van der Waals surface area contributed by atoms with E-state index in [1.807, 2.05) is 0 Å². The van der Waals surface area contributed by atoms with Crippen LogP contribution in [0, 0.1) is 17.8 Å². The number of nitrogens with one attached hydrogen (secondary N) is 1. The molecule has 0 aliphatic carbocycles. The lowest BCUT2D eigenvalue weighted by Crippen LogP contribution is -2.37. The van der Waals surface area contributed by atoms with Crippen LogP contribution >= 0.6 is 11.3 Å². The van der Waals surface area contributed by atoms with Crippen molar-refractivity contribution in [2.75, 3.05) is 27.2 Å². The van der Waals surface area contributed by atoms with Gasteiger partial charge in [0.05, 0.1) is 22.3 Å². The maximum absolute atomic E-state index is 12.3. The second kappa shape index (κ2) is 8.45. The maximum atomic E-state index is 12.3. The predicted molar refractivity (Wildman–Crippen MR) is 83.1 cm³/mol. The molecule has 0 saturated carbocycles. The fourth-order valence-electron chi connectivity index (χ4n) is 1.74. The molecule has 0 fully saturated rings. The van der Waals surface area contributed by atoms with E-state index in [4.69, 9.17) is 5.11 Å². The Hall–Kier alpha value is -1.84. The third-order valence-electron chi connectivity index (χ3n) is 2.85. The molecule has 2 N–H and O–H groups in total. The number of rotatable bonds is 5. The minimum absolute atomic E-state index is 0.0320. The smallest absolute Gasteiger partial charge is 0.263 e. The second-order valence-corrected chi connectivity index (χ2v) is 5.72. The molecule has 1 aromatic rings. The summed E-state index contributed by atoms with van der Waals surface area (Å²) in [5.41, 5.74) is 0. The summed E-state index contributed by atoms with van der Waals surface area (Å²) in [5.74, 6) is 5.26. The van der Waals surface area contributed by atoms with Crippen molar-refractivity contribution >= 4 is 23.2 Å². The number of thiophene rings is 1. The standard InChI is InChI=1S/C15H20N2O3S/c1-11(14(19)16-2)10-17(3)15(20)13-8-7-12(21-13)6-4-5-9-18/h7-8,11,18H,5,9-10H2,1-3H3,(H,16,19). The molecule has 0 bridgehead atoms. The van der Waals surface area contributed by atoms with Crippen LogP contribution in [0.1, 0.15) is 27.9 Å². The number of aliphatic hydroxyl groups is 1. The summed E-state index contributed by atoms with van der Waals surface area (Å²) in [6.45, 7) is 2.18. The Morgan fingerprint density at radius 2 is 2.19 bits per heavy atom. The molecule has 0 aliphatic rings. The summed E-state index contributed by atoms with van der Waals surface area (Å²) in [6, 6.07) is 3.52. The van der Waals surface area contributed by atoms with Gasteiger partial charge >= 0.3 is 0 Å². The molecule has 1 heterocycles. The van der Waals surface area contributed by atoms with Gasteiger partial charge in [0.15, 0.2) is 0 Å². The molecule has 0 saturated heterocycles. The van der Waals surface area contributed by atoms with Gasteiger partial charge < -0.3 is 15.3 Å². The van der Waals surface area contributed by atoms with Gasteiger partial charge in [-0.3, -0.25) is 9.59 Å². The highest BCUT2D eigenvalue weighted by molar-refractivity contribution is 7.14. The van der Waals surface area contributed by atoms with E-state index >= 15 is 0 Å². The zero-order valence-corrected chi connectivity index (χ0v) is 13.3. The number of amides is 2. The Balaban J connectivity index is 2.67. The van der Waals surface area contributed by atoms with Crippen molar-refractivity contribution in [2.45, 2.75) is 13.3 Å². The summed E-state index contributed by atoms with van der Waals surface area (Å²) in [4.78, 5) is 26.6. The summed E-state index contributed by atoms with van der Waals surface area (Å²) >= 11 is 1.31. The van der Waals surface area contributed by atoms with E-state index in [-0.39, 0.29) is 24.3 Å². The van der Waals surface area contributed by atoms with E-state index in [0.717, 1.165) is 4.88 Å². The highest BCUT2D eigenvalue weighted by Gasteiger charge is 2.19. The largest absolute Gasteiger partial charge is 0.395 e. The van der Waals surface area contributed by atoms with Crippen molar-refractivity contribution in [2.24, 2.45) is 5.92 Å². The molecule has 0 spiro atoms. The van der Waals surface area contributed by atoms with Crippen LogP contribution in [0.4, 0.5) is 0 Å². The number of hydrogen-bond donors (Lipinski definition) is 2.